The molecule has 0 unspecified atom stereocenters. The van der Waals surface area contributed by atoms with E-state index in [0.717, 1.165) is 16.1 Å². The summed E-state index contributed by atoms with van der Waals surface area (Å²) in [4.78, 5) is 33.8. The van der Waals surface area contributed by atoms with Gasteiger partial charge in [0.05, 0.1) is 16.5 Å². The summed E-state index contributed by atoms with van der Waals surface area (Å²) in [7, 11) is 1.55. The van der Waals surface area contributed by atoms with Gasteiger partial charge in [0.25, 0.3) is 11.6 Å². The van der Waals surface area contributed by atoms with Crippen LogP contribution in [0.15, 0.2) is 46.9 Å². The predicted molar refractivity (Wildman–Crippen MR) is 95.9 cm³/mol. The number of non-ortho nitro benzene ring substituents is 1. The molecule has 2 rings (SSSR count). The highest BCUT2D eigenvalue weighted by Gasteiger charge is 2.13. The zero-order valence-corrected chi connectivity index (χ0v) is 15.3. The summed E-state index contributed by atoms with van der Waals surface area (Å²) < 4.78 is 10.9. The lowest BCUT2D eigenvalue weighted by Crippen LogP contribution is -2.30. The predicted octanol–water partition coefficient (Wildman–Crippen LogP) is 2.84. The highest BCUT2D eigenvalue weighted by Crippen LogP contribution is 2.25. The first kappa shape index (κ1) is 19.4. The molecule has 1 N–H and O–H groups in total. The fourth-order valence-corrected chi connectivity index (χ4v) is 2.62. The van der Waals surface area contributed by atoms with Crippen LogP contribution in [0.4, 0.5) is 5.69 Å². The van der Waals surface area contributed by atoms with Gasteiger partial charge in [-0.25, -0.2) is 0 Å². The van der Waals surface area contributed by atoms with Crippen LogP contribution in [0.2, 0.25) is 0 Å². The number of benzene rings is 2. The second-order valence-corrected chi connectivity index (χ2v) is 5.97. The highest BCUT2D eigenvalue weighted by atomic mass is 79.9. The Hall–Kier alpha value is -2.94. The van der Waals surface area contributed by atoms with E-state index in [1.807, 2.05) is 0 Å². The van der Waals surface area contributed by atoms with E-state index in [2.05, 4.69) is 21.2 Å². The molecule has 1 amide bonds. The van der Waals surface area contributed by atoms with Crippen molar-refractivity contribution in [2.45, 2.75) is 6.61 Å². The van der Waals surface area contributed by atoms with Crippen molar-refractivity contribution in [1.82, 2.24) is 5.32 Å². The SMILES string of the molecule is COc1ccc(COC(=O)CNC(=O)c2cccc([N+](=O)[O-])c2)cc1Br. The first-order valence-electron chi connectivity index (χ1n) is 7.41. The number of nitro groups is 1. The van der Waals surface area contributed by atoms with Gasteiger partial charge >= 0.3 is 5.97 Å². The molecule has 2 aromatic carbocycles. The average molecular weight is 423 g/mol. The van der Waals surface area contributed by atoms with Crippen LogP contribution in [0.1, 0.15) is 15.9 Å². The number of amides is 1. The van der Waals surface area contributed by atoms with Crippen LogP contribution >= 0.6 is 15.9 Å². The molecular formula is C17H15BrN2O6. The molecule has 0 bridgehead atoms. The molecule has 26 heavy (non-hydrogen) atoms. The van der Waals surface area contributed by atoms with Crippen molar-refractivity contribution in [2.24, 2.45) is 0 Å². The van der Waals surface area contributed by atoms with Crippen molar-refractivity contribution >= 4 is 33.5 Å². The Bertz CT molecular complexity index is 840. The third-order valence-electron chi connectivity index (χ3n) is 3.33. The van der Waals surface area contributed by atoms with Gasteiger partial charge in [0.15, 0.2) is 0 Å². The quantitative estimate of drug-likeness (QED) is 0.417. The van der Waals surface area contributed by atoms with E-state index < -0.39 is 16.8 Å². The maximum absolute atomic E-state index is 12.0. The number of nitrogens with zero attached hydrogens (tertiary/aromatic N) is 1. The second kappa shape index (κ2) is 8.95. The Kier molecular flexibility index (Phi) is 6.67. The molecular weight excluding hydrogens is 408 g/mol. The maximum Gasteiger partial charge on any atom is 0.325 e. The third kappa shape index (κ3) is 5.28. The average Bonchev–Trinajstić information content (AvgIpc) is 2.64. The van der Waals surface area contributed by atoms with Gasteiger partial charge < -0.3 is 14.8 Å². The van der Waals surface area contributed by atoms with E-state index in [0.29, 0.717) is 5.75 Å². The largest absolute Gasteiger partial charge is 0.496 e. The Morgan fingerprint density at radius 2 is 2.00 bits per heavy atom. The molecule has 0 aliphatic carbocycles. The number of nitro benzene ring substituents is 1. The minimum absolute atomic E-state index is 0.0358. The number of ether oxygens (including phenoxy) is 2. The smallest absolute Gasteiger partial charge is 0.325 e. The van der Waals surface area contributed by atoms with E-state index in [9.17, 15) is 19.7 Å². The van der Waals surface area contributed by atoms with Gasteiger partial charge in [0.1, 0.15) is 18.9 Å². The molecule has 0 atom stereocenters. The Balaban J connectivity index is 1.85. The Labute approximate surface area is 157 Å². The zero-order chi connectivity index (χ0) is 19.1. The minimum atomic E-state index is -0.629. The van der Waals surface area contributed by atoms with Crippen LogP contribution in [0.3, 0.4) is 0 Å². The van der Waals surface area contributed by atoms with E-state index >= 15 is 0 Å². The summed E-state index contributed by atoms with van der Waals surface area (Å²) in [6.07, 6.45) is 0. The van der Waals surface area contributed by atoms with Crippen LogP contribution in [0, 0.1) is 10.1 Å². The Morgan fingerprint density at radius 1 is 1.23 bits per heavy atom. The van der Waals surface area contributed by atoms with E-state index in [-0.39, 0.29) is 24.4 Å². The van der Waals surface area contributed by atoms with Gasteiger partial charge in [-0.1, -0.05) is 12.1 Å². The molecule has 0 radical (unpaired) electrons. The number of hydrogen-bond acceptors (Lipinski definition) is 6. The maximum atomic E-state index is 12.0. The van der Waals surface area contributed by atoms with Gasteiger partial charge in [0.2, 0.25) is 0 Å². The van der Waals surface area contributed by atoms with Crippen LogP contribution in [-0.2, 0) is 16.1 Å². The fourth-order valence-electron chi connectivity index (χ4n) is 2.03. The van der Waals surface area contributed by atoms with Gasteiger partial charge in [-0.3, -0.25) is 19.7 Å². The number of methoxy groups -OCH3 is 1. The number of nitrogens with one attached hydrogen (secondary N) is 1. The molecule has 9 heteroatoms. The molecule has 0 saturated carbocycles. The van der Waals surface area contributed by atoms with Gasteiger partial charge in [-0.15, -0.1) is 0 Å². The van der Waals surface area contributed by atoms with Gasteiger partial charge in [-0.2, -0.15) is 0 Å². The number of carbonyl (C=O) groups is 2. The van der Waals surface area contributed by atoms with Crippen molar-refractivity contribution in [1.29, 1.82) is 0 Å². The van der Waals surface area contributed by atoms with Crippen molar-refractivity contribution in [2.75, 3.05) is 13.7 Å². The number of esters is 1. The lowest BCUT2D eigenvalue weighted by Gasteiger charge is -2.08. The summed E-state index contributed by atoms with van der Waals surface area (Å²) >= 11 is 3.34. The molecule has 2 aromatic rings. The summed E-state index contributed by atoms with van der Waals surface area (Å²) in [5, 5.41) is 13.1. The number of hydrogen-bond donors (Lipinski definition) is 1. The third-order valence-corrected chi connectivity index (χ3v) is 3.95. The van der Waals surface area contributed by atoms with Gasteiger partial charge in [-0.05, 0) is 39.7 Å². The summed E-state index contributed by atoms with van der Waals surface area (Å²) in [5.41, 5.74) is 0.632. The van der Waals surface area contributed by atoms with Crippen molar-refractivity contribution in [3.05, 3.63) is 68.2 Å². The molecule has 0 heterocycles. The molecule has 136 valence electrons. The first-order chi connectivity index (χ1) is 12.4. The topological polar surface area (TPSA) is 108 Å². The molecule has 0 saturated heterocycles. The lowest BCUT2D eigenvalue weighted by molar-refractivity contribution is -0.384. The monoisotopic (exact) mass is 422 g/mol. The molecule has 0 spiro atoms. The van der Waals surface area contributed by atoms with Gasteiger partial charge in [0, 0.05) is 17.7 Å². The van der Waals surface area contributed by atoms with Crippen molar-refractivity contribution in [3.63, 3.8) is 0 Å². The number of carbonyl (C=O) groups excluding carboxylic acids is 2. The van der Waals surface area contributed by atoms with Crippen LogP contribution < -0.4 is 10.1 Å². The van der Waals surface area contributed by atoms with Crippen molar-refractivity contribution < 1.29 is 24.0 Å². The summed E-state index contributed by atoms with van der Waals surface area (Å²) in [6, 6.07) is 10.5. The molecule has 0 aromatic heterocycles. The minimum Gasteiger partial charge on any atom is -0.496 e. The zero-order valence-electron chi connectivity index (χ0n) is 13.7. The number of halogens is 1. The van der Waals surface area contributed by atoms with Crippen molar-refractivity contribution in [3.8, 4) is 5.75 Å². The van der Waals surface area contributed by atoms with Crippen LogP contribution in [0.5, 0.6) is 5.75 Å². The molecule has 0 aliphatic heterocycles. The first-order valence-corrected chi connectivity index (χ1v) is 8.20. The van der Waals surface area contributed by atoms with E-state index in [1.54, 1.807) is 25.3 Å². The van der Waals surface area contributed by atoms with Crippen LogP contribution in [0.25, 0.3) is 0 Å². The molecule has 0 aliphatic rings. The summed E-state index contributed by atoms with van der Waals surface area (Å²) in [6.45, 7) is -0.313. The van der Waals surface area contributed by atoms with E-state index in [1.165, 1.54) is 18.2 Å². The normalized spacial score (nSPS) is 10.1. The van der Waals surface area contributed by atoms with Crippen LogP contribution in [-0.4, -0.2) is 30.5 Å². The standard InChI is InChI=1S/C17H15BrN2O6/c1-25-15-6-5-11(7-14(15)18)10-26-16(21)9-19-17(22)12-3-2-4-13(8-12)20(23)24/h2-8H,9-10H2,1H3,(H,19,22). The summed E-state index contributed by atoms with van der Waals surface area (Å²) in [5.74, 6) is -0.571. The molecule has 0 fully saturated rings. The fraction of sp³-hybridized carbons (Fsp3) is 0.176. The Morgan fingerprint density at radius 3 is 2.65 bits per heavy atom. The number of rotatable bonds is 7. The second-order valence-electron chi connectivity index (χ2n) is 5.12. The highest BCUT2D eigenvalue weighted by molar-refractivity contribution is 9.10. The molecule has 8 nitrogen and oxygen atoms in total. The lowest BCUT2D eigenvalue weighted by atomic mass is 10.2. The van der Waals surface area contributed by atoms with E-state index in [4.69, 9.17) is 9.47 Å².